The minimum atomic E-state index is -3.82. The van der Waals surface area contributed by atoms with Crippen LogP contribution >= 0.6 is 0 Å². The zero-order chi connectivity index (χ0) is 15.5. The van der Waals surface area contributed by atoms with Crippen molar-refractivity contribution < 1.29 is 18.3 Å². The van der Waals surface area contributed by atoms with E-state index in [0.29, 0.717) is 16.7 Å². The zero-order valence-electron chi connectivity index (χ0n) is 11.5. The largest absolute Gasteiger partial charge is 0.481 e. The first-order valence-electron chi connectivity index (χ1n) is 5.88. The number of carbonyl (C=O) groups is 1. The maximum Gasteiger partial charge on any atom is 0.307 e. The number of nitrogens with one attached hydrogen (secondary N) is 1. The zero-order valence-corrected chi connectivity index (χ0v) is 12.3. The molecular formula is C13H16N2O4S. The predicted molar refractivity (Wildman–Crippen MR) is 72.8 cm³/mol. The van der Waals surface area contributed by atoms with Crippen LogP contribution in [0.5, 0.6) is 0 Å². The van der Waals surface area contributed by atoms with Crippen LogP contribution < -0.4 is 4.72 Å². The summed E-state index contributed by atoms with van der Waals surface area (Å²) < 4.78 is 26.5. The summed E-state index contributed by atoms with van der Waals surface area (Å²) in [6.45, 7) is 4.64. The van der Waals surface area contributed by atoms with Crippen molar-refractivity contribution in [3.63, 3.8) is 0 Å². The van der Waals surface area contributed by atoms with E-state index in [1.807, 2.05) is 0 Å². The summed E-state index contributed by atoms with van der Waals surface area (Å²) in [5, 5.41) is 17.4. The lowest BCUT2D eigenvalue weighted by Gasteiger charge is -2.16. The Morgan fingerprint density at radius 1 is 1.35 bits per heavy atom. The van der Waals surface area contributed by atoms with Gasteiger partial charge in [-0.25, -0.2) is 8.42 Å². The average Bonchev–Trinajstić information content (AvgIpc) is 2.31. The highest BCUT2D eigenvalue weighted by Gasteiger charge is 2.23. The monoisotopic (exact) mass is 296 g/mol. The molecule has 1 aromatic rings. The van der Waals surface area contributed by atoms with Crippen molar-refractivity contribution in [2.75, 3.05) is 6.54 Å². The van der Waals surface area contributed by atoms with Gasteiger partial charge in [0, 0.05) is 0 Å². The maximum absolute atomic E-state index is 12.2. The Morgan fingerprint density at radius 3 is 2.45 bits per heavy atom. The van der Waals surface area contributed by atoms with Crippen LogP contribution in [0.2, 0.25) is 0 Å². The van der Waals surface area contributed by atoms with Gasteiger partial charge < -0.3 is 5.11 Å². The lowest BCUT2D eigenvalue weighted by Crippen LogP contribution is -2.26. The molecule has 0 aliphatic heterocycles. The molecule has 0 saturated carbocycles. The summed E-state index contributed by atoms with van der Waals surface area (Å²) in [7, 11) is -3.82. The standard InChI is InChI=1S/C13H16N2O4S/c1-8-6-9(2)13(20(18,19)15-5-4-14)10(3)11(8)7-12(16)17/h6,15H,5,7H2,1-3H3,(H,16,17). The Morgan fingerprint density at radius 2 is 1.95 bits per heavy atom. The molecule has 0 heterocycles. The number of hydrogen-bond donors (Lipinski definition) is 2. The van der Waals surface area contributed by atoms with Crippen LogP contribution in [0, 0.1) is 32.1 Å². The van der Waals surface area contributed by atoms with Crippen LogP contribution in [0.1, 0.15) is 22.3 Å². The van der Waals surface area contributed by atoms with E-state index in [9.17, 15) is 13.2 Å². The number of benzene rings is 1. The molecule has 0 saturated heterocycles. The summed E-state index contributed by atoms with van der Waals surface area (Å²) in [5.74, 6) is -1.02. The van der Waals surface area contributed by atoms with Gasteiger partial charge in [0.05, 0.1) is 23.9 Å². The second kappa shape index (κ2) is 6.03. The quantitative estimate of drug-likeness (QED) is 0.789. The topological polar surface area (TPSA) is 107 Å². The van der Waals surface area contributed by atoms with Crippen LogP contribution in [0.4, 0.5) is 0 Å². The van der Waals surface area contributed by atoms with Crippen molar-refractivity contribution in [1.82, 2.24) is 4.72 Å². The number of carboxylic acids is 1. The second-order valence-electron chi connectivity index (χ2n) is 4.50. The number of sulfonamides is 1. The van der Waals surface area contributed by atoms with E-state index in [0.717, 1.165) is 5.56 Å². The minimum absolute atomic E-state index is 0.0506. The Kier molecular flexibility index (Phi) is 4.87. The van der Waals surface area contributed by atoms with Gasteiger partial charge in [-0.3, -0.25) is 4.79 Å². The van der Waals surface area contributed by atoms with Gasteiger partial charge in [0.2, 0.25) is 10.0 Å². The molecule has 2 N–H and O–H groups in total. The Balaban J connectivity index is 3.49. The predicted octanol–water partition coefficient (Wildman–Crippen LogP) is 1.04. The van der Waals surface area contributed by atoms with Crippen molar-refractivity contribution >= 4 is 16.0 Å². The molecule has 0 aliphatic carbocycles. The summed E-state index contributed by atoms with van der Waals surface area (Å²) in [6.07, 6.45) is -0.237. The fourth-order valence-electron chi connectivity index (χ4n) is 2.24. The van der Waals surface area contributed by atoms with Gasteiger partial charge in [0.1, 0.15) is 0 Å². The van der Waals surface area contributed by atoms with Crippen molar-refractivity contribution in [3.8, 4) is 6.07 Å². The van der Waals surface area contributed by atoms with Crippen LogP contribution in [-0.2, 0) is 21.2 Å². The van der Waals surface area contributed by atoms with Gasteiger partial charge in [-0.2, -0.15) is 9.98 Å². The van der Waals surface area contributed by atoms with Gasteiger partial charge >= 0.3 is 5.97 Å². The molecule has 0 aliphatic rings. The number of hydrogen-bond acceptors (Lipinski definition) is 4. The van der Waals surface area contributed by atoms with Crippen LogP contribution in [0.15, 0.2) is 11.0 Å². The number of nitrogens with zero attached hydrogens (tertiary/aromatic N) is 1. The molecule has 0 radical (unpaired) electrons. The summed E-state index contributed by atoms with van der Waals surface area (Å²) in [6, 6.07) is 3.35. The molecule has 108 valence electrons. The fraction of sp³-hybridized carbons (Fsp3) is 0.385. The van der Waals surface area contributed by atoms with E-state index in [1.165, 1.54) is 0 Å². The van der Waals surface area contributed by atoms with Gasteiger partial charge in [-0.15, -0.1) is 0 Å². The molecule has 0 unspecified atom stereocenters. The first-order valence-corrected chi connectivity index (χ1v) is 7.37. The van der Waals surface area contributed by atoms with Crippen molar-refractivity contribution in [2.24, 2.45) is 0 Å². The summed E-state index contributed by atoms with van der Waals surface area (Å²) in [4.78, 5) is 10.9. The molecule has 0 bridgehead atoms. The molecule has 0 atom stereocenters. The van der Waals surface area contributed by atoms with E-state index in [4.69, 9.17) is 10.4 Å². The molecule has 0 amide bonds. The Hall–Kier alpha value is -1.91. The maximum atomic E-state index is 12.2. The molecule has 0 aromatic heterocycles. The highest BCUT2D eigenvalue weighted by Crippen LogP contribution is 2.26. The van der Waals surface area contributed by atoms with Gasteiger partial charge in [0.15, 0.2) is 0 Å². The van der Waals surface area contributed by atoms with Crippen LogP contribution in [-0.4, -0.2) is 26.0 Å². The summed E-state index contributed by atoms with van der Waals surface area (Å²) in [5.41, 5.74) is 2.16. The molecule has 7 heteroatoms. The molecule has 6 nitrogen and oxygen atoms in total. The molecule has 0 fully saturated rings. The number of rotatable bonds is 5. The van der Waals surface area contributed by atoms with E-state index in [2.05, 4.69) is 4.72 Å². The van der Waals surface area contributed by atoms with Crippen LogP contribution in [0.3, 0.4) is 0 Å². The molecular weight excluding hydrogens is 280 g/mol. The van der Waals surface area contributed by atoms with Crippen molar-refractivity contribution in [2.45, 2.75) is 32.1 Å². The molecule has 1 aromatic carbocycles. The Labute approximate surface area is 118 Å². The SMILES string of the molecule is Cc1cc(C)c(S(=O)(=O)NCC#N)c(C)c1CC(=O)O. The van der Waals surface area contributed by atoms with E-state index >= 15 is 0 Å². The van der Waals surface area contributed by atoms with Gasteiger partial charge in [-0.1, -0.05) is 6.07 Å². The molecule has 1 rings (SSSR count). The normalized spacial score (nSPS) is 11.1. The first-order chi connectivity index (χ1) is 9.20. The smallest absolute Gasteiger partial charge is 0.307 e. The van der Waals surface area contributed by atoms with Gasteiger partial charge in [0.25, 0.3) is 0 Å². The van der Waals surface area contributed by atoms with E-state index in [-0.39, 0.29) is 17.9 Å². The highest BCUT2D eigenvalue weighted by molar-refractivity contribution is 7.89. The van der Waals surface area contributed by atoms with Gasteiger partial charge in [-0.05, 0) is 43.0 Å². The highest BCUT2D eigenvalue weighted by atomic mass is 32.2. The third-order valence-electron chi connectivity index (χ3n) is 3.00. The third-order valence-corrected chi connectivity index (χ3v) is 4.69. The third kappa shape index (κ3) is 3.35. The first kappa shape index (κ1) is 16.1. The average molecular weight is 296 g/mol. The van der Waals surface area contributed by atoms with E-state index < -0.39 is 16.0 Å². The van der Waals surface area contributed by atoms with E-state index in [1.54, 1.807) is 32.9 Å². The minimum Gasteiger partial charge on any atom is -0.481 e. The second-order valence-corrected chi connectivity index (χ2v) is 6.20. The van der Waals surface area contributed by atoms with Crippen molar-refractivity contribution in [3.05, 3.63) is 28.3 Å². The number of nitriles is 1. The Bertz CT molecular complexity index is 687. The van der Waals surface area contributed by atoms with Crippen molar-refractivity contribution in [1.29, 1.82) is 5.26 Å². The van der Waals surface area contributed by atoms with Crippen LogP contribution in [0.25, 0.3) is 0 Å². The lowest BCUT2D eigenvalue weighted by atomic mass is 9.97. The lowest BCUT2D eigenvalue weighted by molar-refractivity contribution is -0.136. The number of aliphatic carboxylic acids is 1. The number of aryl methyl sites for hydroxylation is 2. The summed E-state index contributed by atoms with van der Waals surface area (Å²) >= 11 is 0. The molecule has 20 heavy (non-hydrogen) atoms. The number of carboxylic acid groups (broad SMARTS) is 1. The molecule has 0 spiro atoms. The fourth-order valence-corrected chi connectivity index (χ4v) is 3.65.